The molecule has 0 unspecified atom stereocenters. The Bertz CT molecular complexity index is 438. The maximum atomic E-state index is 12.3. The van der Waals surface area contributed by atoms with E-state index in [4.69, 9.17) is 5.11 Å². The average Bonchev–Trinajstić information content (AvgIpc) is 2.05. The summed E-state index contributed by atoms with van der Waals surface area (Å²) >= 11 is 0. The fourth-order valence-corrected chi connectivity index (χ4v) is 0.988. The van der Waals surface area contributed by atoms with Crippen molar-refractivity contribution in [2.24, 2.45) is 0 Å². The van der Waals surface area contributed by atoms with Crippen LogP contribution in [0.4, 0.5) is 13.2 Å². The van der Waals surface area contributed by atoms with E-state index in [2.05, 4.69) is 4.98 Å². The molecule has 0 aliphatic rings. The Morgan fingerprint density at radius 2 is 2.13 bits per heavy atom. The molecule has 0 aliphatic heterocycles. The van der Waals surface area contributed by atoms with Gasteiger partial charge in [0.2, 0.25) is 0 Å². The second kappa shape index (κ2) is 3.71. The van der Waals surface area contributed by atoms with Crippen molar-refractivity contribution in [2.45, 2.75) is 12.6 Å². The Morgan fingerprint density at radius 3 is 2.60 bits per heavy atom. The molecule has 0 amide bonds. The molecule has 0 saturated heterocycles. The lowest BCUT2D eigenvalue weighted by atomic mass is 10.1. The van der Waals surface area contributed by atoms with E-state index in [0.29, 0.717) is 6.33 Å². The van der Waals surface area contributed by atoms with Crippen LogP contribution < -0.4 is 5.56 Å². The van der Waals surface area contributed by atoms with Crippen LogP contribution in [0.1, 0.15) is 11.3 Å². The second-order valence-corrected chi connectivity index (χ2v) is 2.63. The first-order chi connectivity index (χ1) is 6.82. The van der Waals surface area contributed by atoms with Crippen LogP contribution >= 0.6 is 0 Å². The molecule has 1 rings (SSSR count). The lowest BCUT2D eigenvalue weighted by Gasteiger charge is -2.08. The number of nitrogens with zero attached hydrogens (tertiary/aromatic N) is 1. The van der Waals surface area contributed by atoms with Gasteiger partial charge in [-0.05, 0) is 0 Å². The van der Waals surface area contributed by atoms with Crippen molar-refractivity contribution >= 4 is 5.97 Å². The lowest BCUT2D eigenvalue weighted by molar-refractivity contribution is -0.142. The fraction of sp³-hybridized carbons (Fsp3) is 0.286. The highest BCUT2D eigenvalue weighted by atomic mass is 19.4. The van der Waals surface area contributed by atoms with Gasteiger partial charge in [-0.3, -0.25) is 9.59 Å². The summed E-state index contributed by atoms with van der Waals surface area (Å²) in [5, 5.41) is 8.33. The minimum absolute atomic E-state index is 0.580. The third kappa shape index (κ3) is 2.55. The van der Waals surface area contributed by atoms with E-state index in [0.717, 1.165) is 0 Å². The maximum absolute atomic E-state index is 12.3. The van der Waals surface area contributed by atoms with Gasteiger partial charge in [-0.2, -0.15) is 13.2 Å². The largest absolute Gasteiger partial charge is 0.481 e. The summed E-state index contributed by atoms with van der Waals surface area (Å²) in [5.74, 6) is -1.53. The number of halogens is 3. The molecule has 0 atom stereocenters. The Hall–Kier alpha value is -1.86. The molecule has 0 fully saturated rings. The minimum atomic E-state index is -4.83. The summed E-state index contributed by atoms with van der Waals surface area (Å²) in [6.45, 7) is 0. The number of aromatic amines is 1. The smallest absolute Gasteiger partial charge is 0.433 e. The normalized spacial score (nSPS) is 11.4. The molecule has 15 heavy (non-hydrogen) atoms. The molecular weight excluding hydrogens is 217 g/mol. The van der Waals surface area contributed by atoms with Gasteiger partial charge in [0.25, 0.3) is 5.56 Å². The van der Waals surface area contributed by atoms with Gasteiger partial charge in [0.1, 0.15) is 0 Å². The van der Waals surface area contributed by atoms with E-state index in [1.807, 2.05) is 4.98 Å². The summed E-state index contributed by atoms with van der Waals surface area (Å²) in [6, 6.07) is 0. The number of H-pyrrole nitrogens is 1. The molecule has 0 bridgehead atoms. The van der Waals surface area contributed by atoms with Gasteiger partial charge in [0.05, 0.1) is 18.3 Å². The molecule has 0 radical (unpaired) electrons. The van der Waals surface area contributed by atoms with E-state index in [1.54, 1.807) is 0 Å². The van der Waals surface area contributed by atoms with Crippen LogP contribution in [-0.2, 0) is 17.4 Å². The number of hydrogen-bond acceptors (Lipinski definition) is 3. The third-order valence-electron chi connectivity index (χ3n) is 1.55. The van der Waals surface area contributed by atoms with Crippen molar-refractivity contribution in [3.63, 3.8) is 0 Å². The summed E-state index contributed by atoms with van der Waals surface area (Å²) in [7, 11) is 0. The van der Waals surface area contributed by atoms with Crippen LogP contribution in [-0.4, -0.2) is 21.0 Å². The predicted octanol–water partition coefficient (Wildman–Crippen LogP) is 0.416. The highest BCUT2D eigenvalue weighted by Crippen LogP contribution is 2.28. The van der Waals surface area contributed by atoms with Gasteiger partial charge in [-0.15, -0.1) is 0 Å². The van der Waals surface area contributed by atoms with E-state index in [9.17, 15) is 22.8 Å². The van der Waals surface area contributed by atoms with Crippen LogP contribution in [0.25, 0.3) is 0 Å². The third-order valence-corrected chi connectivity index (χ3v) is 1.55. The molecule has 0 saturated carbocycles. The van der Waals surface area contributed by atoms with Crippen LogP contribution in [0.5, 0.6) is 0 Å². The van der Waals surface area contributed by atoms with Crippen molar-refractivity contribution in [3.05, 3.63) is 27.9 Å². The zero-order valence-electron chi connectivity index (χ0n) is 7.13. The summed E-state index contributed by atoms with van der Waals surface area (Å²) in [6.07, 6.45) is -5.27. The quantitative estimate of drug-likeness (QED) is 0.759. The van der Waals surface area contributed by atoms with Gasteiger partial charge in [-0.25, -0.2) is 4.98 Å². The maximum Gasteiger partial charge on any atom is 0.433 e. The first-order valence-corrected chi connectivity index (χ1v) is 3.68. The monoisotopic (exact) mass is 222 g/mol. The molecule has 1 aromatic rings. The molecule has 8 heteroatoms. The number of carboxylic acid groups (broad SMARTS) is 1. The zero-order chi connectivity index (χ0) is 11.6. The van der Waals surface area contributed by atoms with Gasteiger partial charge < -0.3 is 10.1 Å². The van der Waals surface area contributed by atoms with Crippen molar-refractivity contribution in [1.82, 2.24) is 9.97 Å². The molecule has 0 spiro atoms. The van der Waals surface area contributed by atoms with Crippen LogP contribution in [0, 0.1) is 0 Å². The predicted molar refractivity (Wildman–Crippen MR) is 41.2 cm³/mol. The number of carboxylic acids is 1. The Balaban J connectivity index is 3.33. The van der Waals surface area contributed by atoms with E-state index in [1.165, 1.54) is 0 Å². The first kappa shape index (κ1) is 11.2. The summed E-state index contributed by atoms with van der Waals surface area (Å²) in [5.41, 5.74) is -3.45. The minimum Gasteiger partial charge on any atom is -0.481 e. The molecular formula is C7H5F3N2O3. The topological polar surface area (TPSA) is 83.0 Å². The number of hydrogen-bond donors (Lipinski definition) is 2. The number of aliphatic carboxylic acids is 1. The highest BCUT2D eigenvalue weighted by Gasteiger charge is 2.36. The number of alkyl halides is 3. The molecule has 82 valence electrons. The van der Waals surface area contributed by atoms with E-state index >= 15 is 0 Å². The van der Waals surface area contributed by atoms with E-state index in [-0.39, 0.29) is 0 Å². The van der Waals surface area contributed by atoms with Crippen LogP contribution in [0.15, 0.2) is 11.1 Å². The van der Waals surface area contributed by atoms with Gasteiger partial charge in [0, 0.05) is 0 Å². The zero-order valence-corrected chi connectivity index (χ0v) is 7.13. The highest BCUT2D eigenvalue weighted by molar-refractivity contribution is 5.70. The standard InChI is InChI=1S/C7H5F3N2O3/c8-7(9,10)5-3(1-4(13)14)6(15)12-2-11-5/h2H,1H2,(H,13,14)(H,11,12,15). The van der Waals surface area contributed by atoms with Gasteiger partial charge in [0.15, 0.2) is 5.69 Å². The Morgan fingerprint density at radius 1 is 1.53 bits per heavy atom. The van der Waals surface area contributed by atoms with Crippen molar-refractivity contribution in [3.8, 4) is 0 Å². The summed E-state index contributed by atoms with van der Waals surface area (Å²) in [4.78, 5) is 26.0. The van der Waals surface area contributed by atoms with Gasteiger partial charge >= 0.3 is 12.1 Å². The Labute approximate surface area is 80.6 Å². The SMILES string of the molecule is O=C(O)Cc1c(C(F)(F)F)nc[nH]c1=O. The Kier molecular flexibility index (Phi) is 2.78. The number of rotatable bonds is 2. The molecule has 1 heterocycles. The molecule has 0 aliphatic carbocycles. The first-order valence-electron chi connectivity index (χ1n) is 3.68. The lowest BCUT2D eigenvalue weighted by Crippen LogP contribution is -2.24. The number of carbonyl (C=O) groups is 1. The van der Waals surface area contributed by atoms with Crippen LogP contribution in [0.3, 0.4) is 0 Å². The average molecular weight is 222 g/mol. The fourth-order valence-electron chi connectivity index (χ4n) is 0.988. The van der Waals surface area contributed by atoms with Crippen molar-refractivity contribution in [1.29, 1.82) is 0 Å². The van der Waals surface area contributed by atoms with Crippen molar-refractivity contribution in [2.75, 3.05) is 0 Å². The number of nitrogens with one attached hydrogen (secondary N) is 1. The number of aromatic nitrogens is 2. The molecule has 2 N–H and O–H groups in total. The second-order valence-electron chi connectivity index (χ2n) is 2.63. The van der Waals surface area contributed by atoms with Crippen LogP contribution in [0.2, 0.25) is 0 Å². The molecule has 1 aromatic heterocycles. The van der Waals surface area contributed by atoms with Crippen molar-refractivity contribution < 1.29 is 23.1 Å². The molecule has 5 nitrogen and oxygen atoms in total. The van der Waals surface area contributed by atoms with E-state index < -0.39 is 35.4 Å². The summed E-state index contributed by atoms with van der Waals surface area (Å²) < 4.78 is 36.8. The van der Waals surface area contributed by atoms with Gasteiger partial charge in [-0.1, -0.05) is 0 Å². The molecule has 0 aromatic carbocycles.